The molecule has 1 heterocycles. The number of rotatable bonds is 4. The molecule has 0 unspecified atom stereocenters. The lowest BCUT2D eigenvalue weighted by Crippen LogP contribution is -2.58. The van der Waals surface area contributed by atoms with E-state index in [0.717, 1.165) is 12.1 Å². The molecule has 0 aliphatic carbocycles. The summed E-state index contributed by atoms with van der Waals surface area (Å²) in [4.78, 5) is 28.6. The van der Waals surface area contributed by atoms with Gasteiger partial charge in [0.15, 0.2) is 0 Å². The third kappa shape index (κ3) is 6.77. The van der Waals surface area contributed by atoms with Crippen LogP contribution >= 0.6 is 15.9 Å². The average molecular weight is 444 g/mol. The number of likely N-dealkylation sites (N-methyl/N-ethyl adjacent to an activating group) is 1. The van der Waals surface area contributed by atoms with Crippen LogP contribution in [0.3, 0.4) is 0 Å². The highest BCUT2D eigenvalue weighted by Crippen LogP contribution is 2.18. The smallest absolute Gasteiger partial charge is 0.407 e. The minimum Gasteiger partial charge on any atom is -0.444 e. The predicted octanol–water partition coefficient (Wildman–Crippen LogP) is 2.80. The number of halogens is 2. The Morgan fingerprint density at radius 3 is 2.67 bits per heavy atom. The average Bonchev–Trinajstić information content (AvgIpc) is 2.55. The van der Waals surface area contributed by atoms with Gasteiger partial charge in [0.25, 0.3) is 0 Å². The molecule has 2 amide bonds. The molecule has 0 aromatic heterocycles. The fraction of sp³-hybridized carbons (Fsp3) is 0.579. The zero-order valence-corrected chi connectivity index (χ0v) is 17.8. The number of piperazine rings is 1. The molecule has 1 saturated heterocycles. The molecule has 0 bridgehead atoms. The van der Waals surface area contributed by atoms with Crippen molar-refractivity contribution in [2.75, 3.05) is 33.2 Å². The molecule has 1 fully saturated rings. The molecule has 1 aromatic rings. The minimum atomic E-state index is -0.571. The molecule has 27 heavy (non-hydrogen) atoms. The molecule has 0 saturated carbocycles. The standard InChI is InChI=1S/C19H27BrFN3O3/c1-19(2,3)27-18(26)22-11-14-12-23(4)7-8-24(14)17(25)10-13-5-6-16(21)15(20)9-13/h5-6,9,14H,7-8,10-12H2,1-4H3,(H,22,26)/t14-/m0/s1. The van der Waals surface area contributed by atoms with Gasteiger partial charge in [0.2, 0.25) is 5.91 Å². The Morgan fingerprint density at radius 2 is 2.04 bits per heavy atom. The SMILES string of the molecule is CN1CCN(C(=O)Cc2ccc(F)c(Br)c2)[C@@H](CNC(=O)OC(C)(C)C)C1. The molecule has 2 rings (SSSR count). The van der Waals surface area contributed by atoms with Gasteiger partial charge in [-0.05, 0) is 61.4 Å². The van der Waals surface area contributed by atoms with Crippen LogP contribution < -0.4 is 5.32 Å². The molecule has 1 N–H and O–H groups in total. The van der Waals surface area contributed by atoms with Gasteiger partial charge in [0, 0.05) is 26.2 Å². The second-order valence-corrected chi connectivity index (χ2v) is 8.67. The number of hydrogen-bond acceptors (Lipinski definition) is 4. The largest absolute Gasteiger partial charge is 0.444 e. The Labute approximate surface area is 168 Å². The number of ether oxygens (including phenoxy) is 1. The third-order valence-corrected chi connectivity index (χ3v) is 4.83. The second-order valence-electron chi connectivity index (χ2n) is 7.81. The summed E-state index contributed by atoms with van der Waals surface area (Å²) >= 11 is 3.15. The van der Waals surface area contributed by atoms with Crippen molar-refractivity contribution in [1.82, 2.24) is 15.1 Å². The normalized spacial score (nSPS) is 18.3. The molecule has 1 atom stereocenters. The molecule has 8 heteroatoms. The van der Waals surface area contributed by atoms with Gasteiger partial charge in [-0.25, -0.2) is 9.18 Å². The fourth-order valence-electron chi connectivity index (χ4n) is 2.95. The van der Waals surface area contributed by atoms with E-state index < -0.39 is 11.7 Å². The second kappa shape index (κ2) is 9.01. The first kappa shape index (κ1) is 21.6. The first-order valence-corrected chi connectivity index (χ1v) is 9.73. The number of carbonyl (C=O) groups excluding carboxylic acids is 2. The lowest BCUT2D eigenvalue weighted by molar-refractivity contribution is -0.135. The van der Waals surface area contributed by atoms with Crippen LogP contribution in [0, 0.1) is 5.82 Å². The Kier molecular flexibility index (Phi) is 7.22. The minimum absolute atomic E-state index is 0.0439. The monoisotopic (exact) mass is 443 g/mol. The Balaban J connectivity index is 2.00. The number of hydrogen-bond donors (Lipinski definition) is 1. The quantitative estimate of drug-likeness (QED) is 0.776. The lowest BCUT2D eigenvalue weighted by atomic mass is 10.1. The molecule has 150 valence electrons. The maximum atomic E-state index is 13.4. The van der Waals surface area contributed by atoms with Crippen molar-refractivity contribution >= 4 is 27.9 Å². The van der Waals surface area contributed by atoms with Crippen LogP contribution in [0.5, 0.6) is 0 Å². The van der Waals surface area contributed by atoms with Crippen LogP contribution in [0.2, 0.25) is 0 Å². The van der Waals surface area contributed by atoms with Crippen molar-refractivity contribution in [2.24, 2.45) is 0 Å². The topological polar surface area (TPSA) is 61.9 Å². The van der Waals surface area contributed by atoms with Crippen molar-refractivity contribution < 1.29 is 18.7 Å². The Hall–Kier alpha value is -1.67. The van der Waals surface area contributed by atoms with Crippen molar-refractivity contribution in [1.29, 1.82) is 0 Å². The van der Waals surface area contributed by atoms with E-state index in [-0.39, 0.29) is 24.2 Å². The highest BCUT2D eigenvalue weighted by molar-refractivity contribution is 9.10. The highest BCUT2D eigenvalue weighted by atomic mass is 79.9. The summed E-state index contributed by atoms with van der Waals surface area (Å²) in [5.41, 5.74) is 0.171. The first-order chi connectivity index (χ1) is 12.5. The summed E-state index contributed by atoms with van der Waals surface area (Å²) < 4.78 is 19.0. The van der Waals surface area contributed by atoms with E-state index in [2.05, 4.69) is 26.1 Å². The van der Waals surface area contributed by atoms with Gasteiger partial charge in [0.05, 0.1) is 16.9 Å². The Morgan fingerprint density at radius 1 is 1.33 bits per heavy atom. The first-order valence-electron chi connectivity index (χ1n) is 8.94. The number of carbonyl (C=O) groups is 2. The number of benzene rings is 1. The van der Waals surface area contributed by atoms with Crippen LogP contribution in [0.15, 0.2) is 22.7 Å². The van der Waals surface area contributed by atoms with Crippen molar-refractivity contribution in [3.8, 4) is 0 Å². The molecular weight excluding hydrogens is 417 g/mol. The van der Waals surface area contributed by atoms with E-state index in [0.29, 0.717) is 24.1 Å². The van der Waals surface area contributed by atoms with E-state index in [1.165, 1.54) is 6.07 Å². The van der Waals surface area contributed by atoms with E-state index in [1.807, 2.05) is 7.05 Å². The van der Waals surface area contributed by atoms with Gasteiger partial charge >= 0.3 is 6.09 Å². The molecule has 0 radical (unpaired) electrons. The van der Waals surface area contributed by atoms with Crippen molar-refractivity contribution in [3.05, 3.63) is 34.1 Å². The van der Waals surface area contributed by atoms with Crippen LogP contribution in [-0.2, 0) is 16.0 Å². The van der Waals surface area contributed by atoms with Gasteiger partial charge in [-0.1, -0.05) is 6.07 Å². The lowest BCUT2D eigenvalue weighted by Gasteiger charge is -2.40. The summed E-state index contributed by atoms with van der Waals surface area (Å²) in [5.74, 6) is -0.400. The van der Waals surface area contributed by atoms with Crippen molar-refractivity contribution in [3.63, 3.8) is 0 Å². The van der Waals surface area contributed by atoms with Crippen molar-refractivity contribution in [2.45, 2.75) is 38.8 Å². The van der Waals surface area contributed by atoms with Gasteiger partial charge in [-0.2, -0.15) is 0 Å². The maximum Gasteiger partial charge on any atom is 0.407 e. The number of amides is 2. The third-order valence-electron chi connectivity index (χ3n) is 4.23. The summed E-state index contributed by atoms with van der Waals surface area (Å²) in [6, 6.07) is 4.44. The van der Waals surface area contributed by atoms with Gasteiger partial charge < -0.3 is 19.9 Å². The van der Waals surface area contributed by atoms with E-state index in [4.69, 9.17) is 4.74 Å². The summed E-state index contributed by atoms with van der Waals surface area (Å²) in [5, 5.41) is 2.76. The summed E-state index contributed by atoms with van der Waals surface area (Å²) in [6.07, 6.45) is -0.309. The van der Waals surface area contributed by atoms with Crippen LogP contribution in [-0.4, -0.2) is 66.7 Å². The van der Waals surface area contributed by atoms with Crippen LogP contribution in [0.25, 0.3) is 0 Å². The predicted molar refractivity (Wildman–Crippen MR) is 105 cm³/mol. The Bertz CT molecular complexity index is 693. The number of alkyl carbamates (subject to hydrolysis) is 1. The van der Waals surface area contributed by atoms with Gasteiger partial charge in [0.1, 0.15) is 11.4 Å². The summed E-state index contributed by atoms with van der Waals surface area (Å²) in [6.45, 7) is 7.74. The highest BCUT2D eigenvalue weighted by Gasteiger charge is 2.30. The number of nitrogens with one attached hydrogen (secondary N) is 1. The fourth-order valence-corrected chi connectivity index (χ4v) is 3.38. The molecule has 1 aromatic carbocycles. The molecule has 6 nitrogen and oxygen atoms in total. The molecular formula is C19H27BrFN3O3. The van der Waals surface area contributed by atoms with E-state index in [1.54, 1.807) is 37.8 Å². The zero-order chi connectivity index (χ0) is 20.2. The number of nitrogens with zero attached hydrogens (tertiary/aromatic N) is 2. The molecule has 1 aliphatic heterocycles. The molecule has 0 spiro atoms. The molecule has 1 aliphatic rings. The van der Waals surface area contributed by atoms with Crippen LogP contribution in [0.4, 0.5) is 9.18 Å². The summed E-state index contributed by atoms with van der Waals surface area (Å²) in [7, 11) is 1.99. The van der Waals surface area contributed by atoms with Gasteiger partial charge in [-0.15, -0.1) is 0 Å². The zero-order valence-electron chi connectivity index (χ0n) is 16.2. The maximum absolute atomic E-state index is 13.4. The van der Waals surface area contributed by atoms with E-state index in [9.17, 15) is 14.0 Å². The van der Waals surface area contributed by atoms with Gasteiger partial charge in [-0.3, -0.25) is 4.79 Å². The van der Waals surface area contributed by atoms with Crippen LogP contribution in [0.1, 0.15) is 26.3 Å². The van der Waals surface area contributed by atoms with E-state index >= 15 is 0 Å².